The van der Waals surface area contributed by atoms with Crippen molar-refractivity contribution in [3.63, 3.8) is 0 Å². The molecule has 28 heavy (non-hydrogen) atoms. The number of halogens is 1. The van der Waals surface area contributed by atoms with Crippen LogP contribution in [0.5, 0.6) is 11.5 Å². The Morgan fingerprint density at radius 1 is 1.21 bits per heavy atom. The summed E-state index contributed by atoms with van der Waals surface area (Å²) in [5.41, 5.74) is 5.59. The molecule has 0 unspecified atom stereocenters. The van der Waals surface area contributed by atoms with Crippen molar-refractivity contribution in [3.05, 3.63) is 29.9 Å². The molecule has 0 saturated heterocycles. The molecule has 1 heterocycles. The third-order valence-corrected chi connectivity index (χ3v) is 5.80. The maximum atomic E-state index is 12.6. The first-order valence-electron chi connectivity index (χ1n) is 8.89. The van der Waals surface area contributed by atoms with Crippen molar-refractivity contribution >= 4 is 22.4 Å². The molecule has 156 valence electrons. The van der Waals surface area contributed by atoms with E-state index in [9.17, 15) is 8.42 Å². The molecule has 1 aliphatic rings. The quantitative estimate of drug-likeness (QED) is 0.616. The highest BCUT2D eigenvalue weighted by atomic mass is 35.5. The number of ether oxygens (including phenoxy) is 2. The van der Waals surface area contributed by atoms with Crippen molar-refractivity contribution in [2.24, 2.45) is 5.73 Å². The minimum atomic E-state index is -3.79. The number of hydrogen-bond acceptors (Lipinski definition) is 8. The molecule has 0 aliphatic heterocycles. The van der Waals surface area contributed by atoms with Crippen LogP contribution in [-0.4, -0.2) is 31.8 Å². The number of nitrogens with zero attached hydrogens (tertiary/aromatic N) is 2. The van der Waals surface area contributed by atoms with Crippen LogP contribution in [0.1, 0.15) is 44.8 Å². The molecular formula is C17H25ClN4O5S. The normalized spacial score (nSPS) is 15.4. The van der Waals surface area contributed by atoms with E-state index < -0.39 is 15.6 Å². The van der Waals surface area contributed by atoms with Crippen molar-refractivity contribution in [2.75, 3.05) is 13.2 Å². The standard InChI is InChI=1S/C17H24N4O5S.ClH/c1-3-24-13-7-6-12(10-14(13)25-4-2)27(22,23)19-11-15-20-16(21-26-15)17(18)8-5-9-17;/h6-7,10,19H,3-5,8-9,11,18H2,1-2H3;1H. The fourth-order valence-electron chi connectivity index (χ4n) is 2.75. The lowest BCUT2D eigenvalue weighted by Crippen LogP contribution is -2.44. The van der Waals surface area contributed by atoms with E-state index in [-0.39, 0.29) is 29.7 Å². The first-order chi connectivity index (χ1) is 12.9. The number of benzene rings is 1. The lowest BCUT2D eigenvalue weighted by Gasteiger charge is -2.34. The summed E-state index contributed by atoms with van der Waals surface area (Å²) in [6.45, 7) is 4.38. The number of nitrogens with two attached hydrogens (primary N) is 1. The SMILES string of the molecule is CCOc1ccc(S(=O)(=O)NCc2nc(C3(N)CCC3)no2)cc1OCC.Cl. The van der Waals surface area contributed by atoms with Gasteiger partial charge in [-0.15, -0.1) is 12.4 Å². The van der Waals surface area contributed by atoms with Gasteiger partial charge in [-0.2, -0.15) is 4.98 Å². The summed E-state index contributed by atoms with van der Waals surface area (Å²) >= 11 is 0. The summed E-state index contributed by atoms with van der Waals surface area (Å²) in [4.78, 5) is 4.27. The summed E-state index contributed by atoms with van der Waals surface area (Å²) in [6.07, 6.45) is 2.61. The van der Waals surface area contributed by atoms with E-state index in [1.165, 1.54) is 12.1 Å². The molecule has 3 rings (SSSR count). The molecule has 1 aliphatic carbocycles. The molecule has 0 bridgehead atoms. The molecule has 0 spiro atoms. The van der Waals surface area contributed by atoms with Gasteiger partial charge >= 0.3 is 0 Å². The summed E-state index contributed by atoms with van der Waals surface area (Å²) < 4.78 is 43.7. The maximum absolute atomic E-state index is 12.6. The van der Waals surface area contributed by atoms with Crippen molar-refractivity contribution < 1.29 is 22.4 Å². The zero-order valence-corrected chi connectivity index (χ0v) is 17.4. The van der Waals surface area contributed by atoms with E-state index in [4.69, 9.17) is 19.7 Å². The average molecular weight is 433 g/mol. The van der Waals surface area contributed by atoms with E-state index in [1.54, 1.807) is 6.07 Å². The Morgan fingerprint density at radius 3 is 2.50 bits per heavy atom. The van der Waals surface area contributed by atoms with Crippen LogP contribution in [0.3, 0.4) is 0 Å². The maximum Gasteiger partial charge on any atom is 0.241 e. The predicted molar refractivity (Wildman–Crippen MR) is 104 cm³/mol. The number of aromatic nitrogens is 2. The lowest BCUT2D eigenvalue weighted by molar-refractivity contribution is 0.229. The van der Waals surface area contributed by atoms with Crippen LogP contribution in [0, 0.1) is 0 Å². The number of rotatable bonds is 9. The Balaban J connectivity index is 0.00000280. The molecule has 1 aromatic heterocycles. The zero-order chi connectivity index (χ0) is 19.5. The fourth-order valence-corrected chi connectivity index (χ4v) is 3.74. The highest BCUT2D eigenvalue weighted by molar-refractivity contribution is 7.89. The molecule has 1 saturated carbocycles. The topological polar surface area (TPSA) is 130 Å². The Hall–Kier alpha value is -1.88. The van der Waals surface area contributed by atoms with E-state index in [1.807, 2.05) is 13.8 Å². The van der Waals surface area contributed by atoms with E-state index in [2.05, 4.69) is 14.9 Å². The smallest absolute Gasteiger partial charge is 0.241 e. The second-order valence-corrected chi connectivity index (χ2v) is 8.09. The molecular weight excluding hydrogens is 408 g/mol. The third-order valence-electron chi connectivity index (χ3n) is 4.40. The first-order valence-corrected chi connectivity index (χ1v) is 10.4. The summed E-state index contributed by atoms with van der Waals surface area (Å²) in [7, 11) is -3.79. The summed E-state index contributed by atoms with van der Waals surface area (Å²) in [6, 6.07) is 4.46. The van der Waals surface area contributed by atoms with Crippen molar-refractivity contribution in [3.8, 4) is 11.5 Å². The van der Waals surface area contributed by atoms with Gasteiger partial charge in [-0.25, -0.2) is 13.1 Å². The highest BCUT2D eigenvalue weighted by Gasteiger charge is 2.39. The summed E-state index contributed by atoms with van der Waals surface area (Å²) in [5, 5.41) is 3.87. The van der Waals surface area contributed by atoms with E-state index >= 15 is 0 Å². The van der Waals surface area contributed by atoms with Crippen LogP contribution < -0.4 is 19.9 Å². The van der Waals surface area contributed by atoms with Gasteiger partial charge in [-0.1, -0.05) is 5.16 Å². The average Bonchev–Trinajstić information content (AvgIpc) is 3.09. The van der Waals surface area contributed by atoms with Crippen LogP contribution in [0.25, 0.3) is 0 Å². The van der Waals surface area contributed by atoms with Crippen LogP contribution in [0.15, 0.2) is 27.6 Å². The van der Waals surface area contributed by atoms with E-state index in [0.717, 1.165) is 19.3 Å². The van der Waals surface area contributed by atoms with Crippen LogP contribution in [-0.2, 0) is 22.1 Å². The van der Waals surface area contributed by atoms with Crippen molar-refractivity contribution in [1.29, 1.82) is 0 Å². The molecule has 1 fully saturated rings. The minimum absolute atomic E-state index is 0. The van der Waals surface area contributed by atoms with Gasteiger partial charge in [-0.3, -0.25) is 0 Å². The Kier molecular flexibility index (Phi) is 7.27. The molecule has 1 aromatic carbocycles. The predicted octanol–water partition coefficient (Wildman–Crippen LogP) is 2.11. The van der Waals surface area contributed by atoms with Gasteiger partial charge in [0.2, 0.25) is 15.9 Å². The van der Waals surface area contributed by atoms with Crippen LogP contribution in [0.2, 0.25) is 0 Å². The third kappa shape index (κ3) is 4.75. The lowest BCUT2D eigenvalue weighted by atomic mass is 9.77. The van der Waals surface area contributed by atoms with Gasteiger partial charge in [-0.05, 0) is 45.2 Å². The Labute approximate surface area is 170 Å². The number of nitrogens with one attached hydrogen (secondary N) is 1. The first kappa shape index (κ1) is 22.4. The van der Waals surface area contributed by atoms with Crippen LogP contribution in [0.4, 0.5) is 0 Å². The summed E-state index contributed by atoms with van der Waals surface area (Å²) in [5.74, 6) is 1.45. The molecule has 9 nitrogen and oxygen atoms in total. The molecule has 3 N–H and O–H groups in total. The van der Waals surface area contributed by atoms with E-state index in [0.29, 0.717) is 30.5 Å². The van der Waals surface area contributed by atoms with Gasteiger partial charge in [0.15, 0.2) is 17.3 Å². The number of sulfonamides is 1. The van der Waals surface area contributed by atoms with Gasteiger partial charge in [0.1, 0.15) is 0 Å². The molecule has 2 aromatic rings. The molecule has 0 radical (unpaired) electrons. The Bertz CT molecular complexity index is 899. The largest absolute Gasteiger partial charge is 0.490 e. The van der Waals surface area contributed by atoms with Gasteiger partial charge in [0.05, 0.1) is 30.2 Å². The highest BCUT2D eigenvalue weighted by Crippen LogP contribution is 2.36. The van der Waals surface area contributed by atoms with Crippen molar-refractivity contribution in [1.82, 2.24) is 14.9 Å². The van der Waals surface area contributed by atoms with Gasteiger partial charge < -0.3 is 19.7 Å². The molecule has 0 atom stereocenters. The fraction of sp³-hybridized carbons (Fsp3) is 0.529. The Morgan fingerprint density at radius 2 is 1.89 bits per heavy atom. The number of hydrogen-bond donors (Lipinski definition) is 2. The van der Waals surface area contributed by atoms with Crippen molar-refractivity contribution in [2.45, 2.75) is 50.1 Å². The van der Waals surface area contributed by atoms with Crippen LogP contribution >= 0.6 is 12.4 Å². The minimum Gasteiger partial charge on any atom is -0.490 e. The molecule has 11 heteroatoms. The van der Waals surface area contributed by atoms with Gasteiger partial charge in [0, 0.05) is 6.07 Å². The second kappa shape index (κ2) is 9.08. The zero-order valence-electron chi connectivity index (χ0n) is 15.8. The van der Waals surface area contributed by atoms with Gasteiger partial charge in [0.25, 0.3) is 0 Å². The second-order valence-electron chi connectivity index (χ2n) is 6.32. The monoisotopic (exact) mass is 432 g/mol. The molecule has 0 amide bonds.